The van der Waals surface area contributed by atoms with Gasteiger partial charge in [0.15, 0.2) is 0 Å². The van der Waals surface area contributed by atoms with Crippen molar-refractivity contribution in [3.63, 3.8) is 0 Å². The van der Waals surface area contributed by atoms with Gasteiger partial charge in [-0.25, -0.2) is 0 Å². The van der Waals surface area contributed by atoms with Gasteiger partial charge in [0, 0.05) is 30.5 Å². The Balaban J connectivity index is 2.02. The van der Waals surface area contributed by atoms with E-state index in [-0.39, 0.29) is 23.0 Å². The van der Waals surface area contributed by atoms with Crippen molar-refractivity contribution in [1.29, 1.82) is 0 Å². The molecular formula is C19H37N3O2. The first kappa shape index (κ1) is 19.7. The largest absolute Gasteiger partial charge is 0.378 e. The lowest BCUT2D eigenvalue weighted by Gasteiger charge is -2.58. The summed E-state index contributed by atoms with van der Waals surface area (Å²) in [5.74, 6) is 0.676. The highest BCUT2D eigenvalue weighted by atomic mass is 16.5. The van der Waals surface area contributed by atoms with Crippen LogP contribution >= 0.6 is 0 Å². The fourth-order valence-electron chi connectivity index (χ4n) is 4.58. The van der Waals surface area contributed by atoms with Crippen molar-refractivity contribution < 1.29 is 9.53 Å². The number of rotatable bonds is 6. The molecule has 24 heavy (non-hydrogen) atoms. The van der Waals surface area contributed by atoms with Crippen LogP contribution in [0, 0.1) is 11.3 Å². The minimum Gasteiger partial charge on any atom is -0.378 e. The normalized spacial score (nSPS) is 38.7. The van der Waals surface area contributed by atoms with E-state index in [0.29, 0.717) is 25.5 Å². The number of likely N-dealkylation sites (N-methyl/N-ethyl adjacent to an activating group) is 1. The molecule has 2 aliphatic carbocycles. The standard InChI is InChI=1S/C19H37N3O2/c1-7-24-15-12-19(20,17(15,3)4)16(23)21-13-18(22(5)6)10-8-9-14(2)11-18/h14-15H,7-13,20H2,1-6H3,(H,21,23). The van der Waals surface area contributed by atoms with Gasteiger partial charge in [0.05, 0.1) is 6.10 Å². The molecule has 0 bridgehead atoms. The molecule has 2 fully saturated rings. The van der Waals surface area contributed by atoms with Gasteiger partial charge in [-0.3, -0.25) is 4.79 Å². The molecule has 4 unspecified atom stereocenters. The molecule has 5 nitrogen and oxygen atoms in total. The smallest absolute Gasteiger partial charge is 0.240 e. The van der Waals surface area contributed by atoms with Crippen molar-refractivity contribution in [3.8, 4) is 0 Å². The molecule has 0 spiro atoms. The van der Waals surface area contributed by atoms with Gasteiger partial charge >= 0.3 is 0 Å². The van der Waals surface area contributed by atoms with E-state index in [2.05, 4.69) is 31.2 Å². The molecule has 5 heteroatoms. The number of nitrogens with zero attached hydrogens (tertiary/aromatic N) is 1. The van der Waals surface area contributed by atoms with Gasteiger partial charge in [-0.15, -0.1) is 0 Å². The summed E-state index contributed by atoms with van der Waals surface area (Å²) in [4.78, 5) is 15.2. The number of carbonyl (C=O) groups is 1. The molecule has 2 saturated carbocycles. The van der Waals surface area contributed by atoms with Crippen molar-refractivity contribution in [3.05, 3.63) is 0 Å². The van der Waals surface area contributed by atoms with E-state index in [0.717, 1.165) is 12.8 Å². The highest BCUT2D eigenvalue weighted by Gasteiger charge is 2.63. The van der Waals surface area contributed by atoms with Gasteiger partial charge in [0.25, 0.3) is 0 Å². The van der Waals surface area contributed by atoms with Crippen molar-refractivity contribution >= 4 is 5.91 Å². The second-order valence-corrected chi connectivity index (χ2v) is 8.84. The summed E-state index contributed by atoms with van der Waals surface area (Å²) in [6.45, 7) is 9.72. The number of ether oxygens (including phenoxy) is 1. The van der Waals surface area contributed by atoms with Crippen LogP contribution in [-0.2, 0) is 9.53 Å². The highest BCUT2D eigenvalue weighted by molar-refractivity contribution is 5.88. The Morgan fingerprint density at radius 3 is 2.50 bits per heavy atom. The maximum atomic E-state index is 12.9. The van der Waals surface area contributed by atoms with E-state index < -0.39 is 5.54 Å². The number of carbonyl (C=O) groups excluding carboxylic acids is 1. The number of nitrogens with two attached hydrogens (primary N) is 1. The molecule has 0 aromatic heterocycles. The van der Waals surface area contributed by atoms with Gasteiger partial charge in [0.2, 0.25) is 5.91 Å². The van der Waals surface area contributed by atoms with E-state index in [4.69, 9.17) is 10.5 Å². The summed E-state index contributed by atoms with van der Waals surface area (Å²) >= 11 is 0. The van der Waals surface area contributed by atoms with Crippen molar-refractivity contribution in [2.75, 3.05) is 27.2 Å². The highest BCUT2D eigenvalue weighted by Crippen LogP contribution is 2.50. The van der Waals surface area contributed by atoms with Crippen LogP contribution < -0.4 is 11.1 Å². The lowest BCUT2D eigenvalue weighted by molar-refractivity contribution is -0.171. The first-order valence-electron chi connectivity index (χ1n) is 9.45. The number of nitrogens with one attached hydrogen (secondary N) is 1. The van der Waals surface area contributed by atoms with Crippen LogP contribution in [0.4, 0.5) is 0 Å². The van der Waals surface area contributed by atoms with Crippen LogP contribution in [0.15, 0.2) is 0 Å². The number of hydrogen-bond acceptors (Lipinski definition) is 4. The van der Waals surface area contributed by atoms with Crippen LogP contribution in [0.1, 0.15) is 59.8 Å². The molecule has 0 aromatic carbocycles. The van der Waals surface area contributed by atoms with Gasteiger partial charge in [0.1, 0.15) is 5.54 Å². The monoisotopic (exact) mass is 339 g/mol. The maximum absolute atomic E-state index is 12.9. The fourth-order valence-corrected chi connectivity index (χ4v) is 4.58. The lowest BCUT2D eigenvalue weighted by Crippen LogP contribution is -2.76. The van der Waals surface area contributed by atoms with Gasteiger partial charge in [-0.1, -0.05) is 33.6 Å². The molecule has 2 rings (SSSR count). The molecule has 2 aliphatic rings. The Morgan fingerprint density at radius 1 is 1.33 bits per heavy atom. The third-order valence-corrected chi connectivity index (χ3v) is 6.83. The predicted molar refractivity (Wildman–Crippen MR) is 97.8 cm³/mol. The van der Waals surface area contributed by atoms with Crippen molar-refractivity contribution in [2.45, 2.75) is 77.0 Å². The van der Waals surface area contributed by atoms with E-state index >= 15 is 0 Å². The minimum absolute atomic E-state index is 0.0251. The van der Waals surface area contributed by atoms with Gasteiger partial charge in [-0.05, 0) is 39.8 Å². The summed E-state index contributed by atoms with van der Waals surface area (Å²) < 4.78 is 5.74. The van der Waals surface area contributed by atoms with E-state index in [1.807, 2.05) is 20.8 Å². The summed E-state index contributed by atoms with van der Waals surface area (Å²) in [5, 5.41) is 3.19. The van der Waals surface area contributed by atoms with Crippen LogP contribution in [-0.4, -0.2) is 55.2 Å². The number of hydrogen-bond donors (Lipinski definition) is 2. The molecule has 0 aromatic rings. The van der Waals surface area contributed by atoms with Crippen LogP contribution in [0.25, 0.3) is 0 Å². The topological polar surface area (TPSA) is 67.6 Å². The van der Waals surface area contributed by atoms with Crippen LogP contribution in [0.5, 0.6) is 0 Å². The SMILES string of the molecule is CCOC1CC(N)(C(=O)NCC2(N(C)C)CCCC(C)C2)C1(C)C. The zero-order valence-corrected chi connectivity index (χ0v) is 16.4. The molecule has 3 N–H and O–H groups in total. The quantitative estimate of drug-likeness (QED) is 0.778. The molecule has 4 atom stereocenters. The third kappa shape index (κ3) is 3.23. The van der Waals surface area contributed by atoms with Gasteiger partial charge in [-0.2, -0.15) is 0 Å². The minimum atomic E-state index is -0.833. The molecule has 0 aliphatic heterocycles. The summed E-state index contributed by atoms with van der Waals surface area (Å²) in [6.07, 6.45) is 5.44. The van der Waals surface area contributed by atoms with E-state index in [9.17, 15) is 4.79 Å². The zero-order chi connectivity index (χ0) is 18.2. The predicted octanol–water partition coefficient (Wildman–Crippen LogP) is 2.15. The summed E-state index contributed by atoms with van der Waals surface area (Å²) in [6, 6.07) is 0. The van der Waals surface area contributed by atoms with Gasteiger partial charge < -0.3 is 20.7 Å². The average Bonchev–Trinajstić information content (AvgIpc) is 2.52. The van der Waals surface area contributed by atoms with E-state index in [1.165, 1.54) is 12.8 Å². The lowest BCUT2D eigenvalue weighted by atomic mass is 9.54. The first-order chi connectivity index (χ1) is 11.1. The number of amides is 1. The fraction of sp³-hybridized carbons (Fsp3) is 0.947. The molecule has 0 saturated heterocycles. The first-order valence-corrected chi connectivity index (χ1v) is 9.45. The van der Waals surface area contributed by atoms with Crippen molar-refractivity contribution in [2.24, 2.45) is 17.1 Å². The molecular weight excluding hydrogens is 302 g/mol. The second-order valence-electron chi connectivity index (χ2n) is 8.84. The summed E-state index contributed by atoms with van der Waals surface area (Å²) in [7, 11) is 4.25. The van der Waals surface area contributed by atoms with Crippen LogP contribution in [0.2, 0.25) is 0 Å². The molecule has 140 valence electrons. The molecule has 0 heterocycles. The maximum Gasteiger partial charge on any atom is 0.240 e. The third-order valence-electron chi connectivity index (χ3n) is 6.83. The second kappa shape index (κ2) is 6.93. The Kier molecular flexibility index (Phi) is 5.68. The Hall–Kier alpha value is -0.650. The zero-order valence-electron chi connectivity index (χ0n) is 16.4. The molecule has 0 radical (unpaired) electrons. The average molecular weight is 340 g/mol. The Morgan fingerprint density at radius 2 is 2.00 bits per heavy atom. The molecule has 1 amide bonds. The van der Waals surface area contributed by atoms with E-state index in [1.54, 1.807) is 0 Å². The summed E-state index contributed by atoms with van der Waals surface area (Å²) in [5.41, 5.74) is 5.39. The Bertz CT molecular complexity index is 466. The Labute approximate surface area is 147 Å². The van der Waals surface area contributed by atoms with Crippen LogP contribution in [0.3, 0.4) is 0 Å². The van der Waals surface area contributed by atoms with Crippen molar-refractivity contribution in [1.82, 2.24) is 10.2 Å².